The van der Waals surface area contributed by atoms with E-state index in [0.29, 0.717) is 26.3 Å². The molecule has 2 aliphatic rings. The number of aromatic nitrogens is 2. The van der Waals surface area contributed by atoms with Crippen LogP contribution in [0.3, 0.4) is 0 Å². The summed E-state index contributed by atoms with van der Waals surface area (Å²) in [6.45, 7) is 3.94. The second-order valence-corrected chi connectivity index (χ2v) is 7.80. The van der Waals surface area contributed by atoms with Crippen LogP contribution < -0.4 is 0 Å². The van der Waals surface area contributed by atoms with Crippen LogP contribution in [-0.4, -0.2) is 78.0 Å². The Morgan fingerprint density at radius 1 is 1.32 bits per heavy atom. The van der Waals surface area contributed by atoms with Gasteiger partial charge in [-0.15, -0.1) is 0 Å². The lowest BCUT2D eigenvalue weighted by Crippen LogP contribution is -2.61. The lowest BCUT2D eigenvalue weighted by molar-refractivity contribution is -0.137. The minimum atomic E-state index is -3.33. The van der Waals surface area contributed by atoms with Crippen molar-refractivity contribution in [1.29, 1.82) is 0 Å². The van der Waals surface area contributed by atoms with Gasteiger partial charge in [0.25, 0.3) is 0 Å². The number of nitrogens with zero attached hydrogens (tertiary/aromatic N) is 4. The molecule has 22 heavy (non-hydrogen) atoms. The maximum atomic E-state index is 12.4. The van der Waals surface area contributed by atoms with Gasteiger partial charge in [0, 0.05) is 38.6 Å². The second kappa shape index (κ2) is 5.98. The van der Waals surface area contributed by atoms with Crippen molar-refractivity contribution in [1.82, 2.24) is 19.0 Å². The molecule has 0 radical (unpaired) electrons. The van der Waals surface area contributed by atoms with E-state index in [1.165, 1.54) is 4.31 Å². The van der Waals surface area contributed by atoms with E-state index in [9.17, 15) is 13.2 Å². The smallest absolute Gasteiger partial charge is 0.247 e. The number of sulfonamides is 1. The van der Waals surface area contributed by atoms with E-state index in [1.807, 2.05) is 0 Å². The molecule has 9 heteroatoms. The Morgan fingerprint density at radius 3 is 2.59 bits per heavy atom. The van der Waals surface area contributed by atoms with Crippen molar-refractivity contribution in [3.05, 3.63) is 18.5 Å². The molecule has 0 aliphatic carbocycles. The van der Waals surface area contributed by atoms with E-state index in [-0.39, 0.29) is 19.0 Å². The zero-order valence-electron chi connectivity index (χ0n) is 12.5. The number of morpholine rings is 1. The quantitative estimate of drug-likeness (QED) is 0.731. The van der Waals surface area contributed by atoms with Gasteiger partial charge in [0.15, 0.2) is 0 Å². The predicted octanol–water partition coefficient (Wildman–Crippen LogP) is -0.683. The lowest BCUT2D eigenvalue weighted by Gasteiger charge is -2.42. The molecular weight excluding hydrogens is 308 g/mol. The van der Waals surface area contributed by atoms with Crippen molar-refractivity contribution in [3.63, 3.8) is 0 Å². The molecular formula is C13H20N4O4S. The number of carbonyl (C=O) groups is 1. The van der Waals surface area contributed by atoms with Gasteiger partial charge in [0.1, 0.15) is 11.3 Å². The molecule has 0 spiro atoms. The summed E-state index contributed by atoms with van der Waals surface area (Å²) in [4.78, 5) is 13.9. The number of hydrogen-bond acceptors (Lipinski definition) is 5. The molecule has 3 heterocycles. The molecule has 8 nitrogen and oxygen atoms in total. The summed E-state index contributed by atoms with van der Waals surface area (Å²) in [5, 5.41) is 3.55. The fraction of sp³-hybridized carbons (Fsp3) is 0.692. The van der Waals surface area contributed by atoms with Crippen LogP contribution in [0.2, 0.25) is 0 Å². The third-order valence-corrected chi connectivity index (χ3v) is 6.42. The van der Waals surface area contributed by atoms with Crippen molar-refractivity contribution in [2.24, 2.45) is 0 Å². The summed E-state index contributed by atoms with van der Waals surface area (Å²) in [5.74, 6) is -0.0999. The average Bonchev–Trinajstić information content (AvgIpc) is 2.99. The highest BCUT2D eigenvalue weighted by Gasteiger charge is 2.44. The standard InChI is InChI=1S/C13H20N4O4S/c1-11(17-4-2-3-14-17)13(18)15-9-12(10-15)22(19,20)16-5-7-21-8-6-16/h2-4,11-12H,5-10H2,1H3. The first kappa shape index (κ1) is 15.4. The highest BCUT2D eigenvalue weighted by Crippen LogP contribution is 2.23. The second-order valence-electron chi connectivity index (χ2n) is 5.58. The summed E-state index contributed by atoms with van der Waals surface area (Å²) in [6, 6.07) is 1.34. The van der Waals surface area contributed by atoms with Crippen LogP contribution in [0.1, 0.15) is 13.0 Å². The molecule has 122 valence electrons. The Morgan fingerprint density at radius 2 is 2.00 bits per heavy atom. The molecule has 3 rings (SSSR count). The molecule has 2 saturated heterocycles. The molecule has 0 saturated carbocycles. The molecule has 1 aromatic heterocycles. The van der Waals surface area contributed by atoms with Gasteiger partial charge in [-0.25, -0.2) is 8.42 Å². The zero-order valence-corrected chi connectivity index (χ0v) is 13.3. The highest BCUT2D eigenvalue weighted by molar-refractivity contribution is 7.89. The summed E-state index contributed by atoms with van der Waals surface area (Å²) in [7, 11) is -3.33. The van der Waals surface area contributed by atoms with Crippen LogP contribution in [-0.2, 0) is 19.6 Å². The molecule has 2 aliphatic heterocycles. The molecule has 1 aromatic rings. The Balaban J connectivity index is 1.58. The van der Waals surface area contributed by atoms with E-state index in [2.05, 4.69) is 5.10 Å². The Labute approximate surface area is 129 Å². The van der Waals surface area contributed by atoms with Gasteiger partial charge in [-0.1, -0.05) is 0 Å². The van der Waals surface area contributed by atoms with E-state index in [1.54, 1.807) is 35.0 Å². The summed E-state index contributed by atoms with van der Waals surface area (Å²) >= 11 is 0. The SMILES string of the molecule is CC(C(=O)N1CC(S(=O)(=O)N2CCOCC2)C1)n1cccn1. The van der Waals surface area contributed by atoms with Crippen molar-refractivity contribution >= 4 is 15.9 Å². The van der Waals surface area contributed by atoms with E-state index >= 15 is 0 Å². The number of amides is 1. The summed E-state index contributed by atoms with van der Waals surface area (Å²) in [6.07, 6.45) is 3.34. The Kier molecular flexibility index (Phi) is 4.20. The van der Waals surface area contributed by atoms with E-state index in [4.69, 9.17) is 4.74 Å². The van der Waals surface area contributed by atoms with Crippen LogP contribution in [0.15, 0.2) is 18.5 Å². The monoisotopic (exact) mass is 328 g/mol. The summed E-state index contributed by atoms with van der Waals surface area (Å²) < 4.78 is 33.1. The van der Waals surface area contributed by atoms with Gasteiger partial charge >= 0.3 is 0 Å². The molecule has 0 N–H and O–H groups in total. The largest absolute Gasteiger partial charge is 0.379 e. The first-order chi connectivity index (χ1) is 10.5. The zero-order chi connectivity index (χ0) is 15.7. The summed E-state index contributed by atoms with van der Waals surface area (Å²) in [5.41, 5.74) is 0. The highest BCUT2D eigenvalue weighted by atomic mass is 32.2. The molecule has 1 unspecified atom stereocenters. The number of ether oxygens (including phenoxy) is 1. The fourth-order valence-corrected chi connectivity index (χ4v) is 4.52. The number of rotatable bonds is 4. The predicted molar refractivity (Wildman–Crippen MR) is 78.6 cm³/mol. The van der Waals surface area contributed by atoms with Gasteiger partial charge in [0.2, 0.25) is 15.9 Å². The van der Waals surface area contributed by atoms with Crippen molar-refractivity contribution in [2.45, 2.75) is 18.2 Å². The molecule has 1 atom stereocenters. The van der Waals surface area contributed by atoms with Crippen LogP contribution >= 0.6 is 0 Å². The number of carbonyl (C=O) groups excluding carboxylic acids is 1. The molecule has 1 amide bonds. The van der Waals surface area contributed by atoms with Crippen LogP contribution in [0.25, 0.3) is 0 Å². The normalized spacial score (nSPS) is 22.3. The first-order valence-electron chi connectivity index (χ1n) is 7.35. The number of likely N-dealkylation sites (tertiary alicyclic amines) is 1. The molecule has 2 fully saturated rings. The minimum absolute atomic E-state index is 0.0999. The number of hydrogen-bond donors (Lipinski definition) is 0. The van der Waals surface area contributed by atoms with Crippen LogP contribution in [0.5, 0.6) is 0 Å². The lowest BCUT2D eigenvalue weighted by atomic mass is 10.1. The van der Waals surface area contributed by atoms with Gasteiger partial charge in [-0.2, -0.15) is 9.40 Å². The van der Waals surface area contributed by atoms with Gasteiger partial charge in [-0.3, -0.25) is 9.48 Å². The van der Waals surface area contributed by atoms with Crippen LogP contribution in [0, 0.1) is 0 Å². The third-order valence-electron chi connectivity index (χ3n) is 4.19. The van der Waals surface area contributed by atoms with Gasteiger partial charge in [0.05, 0.1) is 13.2 Å². The maximum Gasteiger partial charge on any atom is 0.247 e. The van der Waals surface area contributed by atoms with Gasteiger partial charge in [-0.05, 0) is 13.0 Å². The minimum Gasteiger partial charge on any atom is -0.379 e. The van der Waals surface area contributed by atoms with Crippen molar-refractivity contribution in [2.75, 3.05) is 39.4 Å². The van der Waals surface area contributed by atoms with Crippen molar-refractivity contribution in [3.8, 4) is 0 Å². The Bertz CT molecular complexity index is 618. The van der Waals surface area contributed by atoms with E-state index < -0.39 is 21.3 Å². The first-order valence-corrected chi connectivity index (χ1v) is 8.85. The fourth-order valence-electron chi connectivity index (χ4n) is 2.71. The molecule has 0 aromatic carbocycles. The maximum absolute atomic E-state index is 12.4. The topological polar surface area (TPSA) is 84.7 Å². The average molecular weight is 328 g/mol. The van der Waals surface area contributed by atoms with E-state index in [0.717, 1.165) is 0 Å². The van der Waals surface area contributed by atoms with Crippen molar-refractivity contribution < 1.29 is 17.9 Å². The van der Waals surface area contributed by atoms with Gasteiger partial charge < -0.3 is 9.64 Å². The van der Waals surface area contributed by atoms with Crippen LogP contribution in [0.4, 0.5) is 0 Å². The third kappa shape index (κ3) is 2.75. The molecule has 0 bridgehead atoms. The Hall–Kier alpha value is -1.45.